The van der Waals surface area contributed by atoms with Crippen molar-refractivity contribution in [2.75, 3.05) is 24.8 Å². The molecule has 2 aromatic carbocycles. The molecule has 2 aromatic rings. The maximum atomic E-state index is 12.5. The summed E-state index contributed by atoms with van der Waals surface area (Å²) in [6.45, 7) is 1.53. The molecule has 0 spiro atoms. The fourth-order valence-corrected chi connectivity index (χ4v) is 2.91. The quantitative estimate of drug-likeness (QED) is 0.811. The van der Waals surface area contributed by atoms with E-state index in [2.05, 4.69) is 17.0 Å². The van der Waals surface area contributed by atoms with Crippen molar-refractivity contribution in [1.29, 1.82) is 0 Å². The third-order valence-electron chi connectivity index (χ3n) is 4.01. The fraction of sp³-hybridized carbons (Fsp3) is 0.235. The third kappa shape index (κ3) is 2.13. The van der Waals surface area contributed by atoms with E-state index in [1.807, 2.05) is 12.1 Å². The van der Waals surface area contributed by atoms with Gasteiger partial charge in [-0.25, -0.2) is 0 Å². The average molecular weight is 281 g/mol. The lowest BCUT2D eigenvalue weighted by atomic mass is 10.1. The van der Waals surface area contributed by atoms with E-state index in [1.165, 1.54) is 11.3 Å². The van der Waals surface area contributed by atoms with Gasteiger partial charge in [-0.1, -0.05) is 18.2 Å². The lowest BCUT2D eigenvalue weighted by Crippen LogP contribution is -2.27. The molecule has 4 nitrogen and oxygen atoms in total. The van der Waals surface area contributed by atoms with Crippen molar-refractivity contribution in [2.45, 2.75) is 6.42 Å². The first kappa shape index (κ1) is 12.3. The monoisotopic (exact) mass is 281 g/mol. The summed E-state index contributed by atoms with van der Waals surface area (Å²) in [4.78, 5) is 14.6. The Morgan fingerprint density at radius 2 is 1.95 bits per heavy atom. The summed E-state index contributed by atoms with van der Waals surface area (Å²) in [6.07, 6.45) is 1.00. The predicted octanol–water partition coefficient (Wildman–Crippen LogP) is 2.66. The van der Waals surface area contributed by atoms with Crippen molar-refractivity contribution in [3.05, 3.63) is 53.6 Å². The zero-order valence-electron chi connectivity index (χ0n) is 11.5. The van der Waals surface area contributed by atoms with Crippen LogP contribution in [0.25, 0.3) is 0 Å². The topological polar surface area (TPSA) is 38.8 Å². The molecule has 0 saturated carbocycles. The van der Waals surface area contributed by atoms with Gasteiger partial charge in [0.15, 0.2) is 17.3 Å². The number of para-hydroxylation sites is 1. The highest BCUT2D eigenvalue weighted by atomic mass is 16.7. The van der Waals surface area contributed by atoms with Crippen molar-refractivity contribution in [3.8, 4) is 11.5 Å². The summed E-state index contributed by atoms with van der Waals surface area (Å²) in [5, 5.41) is 0. The normalized spacial score (nSPS) is 15.1. The molecule has 0 N–H and O–H groups in total. The molecule has 0 amide bonds. The Bertz CT molecular complexity index is 711. The summed E-state index contributed by atoms with van der Waals surface area (Å²) in [5.74, 6) is 1.46. The van der Waals surface area contributed by atoms with Crippen LogP contribution in [0.1, 0.15) is 15.9 Å². The fourth-order valence-electron chi connectivity index (χ4n) is 2.91. The summed E-state index contributed by atoms with van der Waals surface area (Å²) in [6, 6.07) is 13.6. The van der Waals surface area contributed by atoms with Gasteiger partial charge < -0.3 is 14.4 Å². The molecule has 0 aliphatic carbocycles. The number of carbonyl (C=O) groups is 1. The molecule has 106 valence electrons. The molecule has 21 heavy (non-hydrogen) atoms. The average Bonchev–Trinajstić information content (AvgIpc) is 3.13. The molecular formula is C17H15NO3. The molecule has 4 heteroatoms. The zero-order chi connectivity index (χ0) is 14.2. The zero-order valence-corrected chi connectivity index (χ0v) is 11.5. The van der Waals surface area contributed by atoms with Crippen LogP contribution in [-0.4, -0.2) is 25.7 Å². The Morgan fingerprint density at radius 3 is 2.90 bits per heavy atom. The largest absolute Gasteiger partial charge is 0.454 e. The van der Waals surface area contributed by atoms with E-state index in [1.54, 1.807) is 18.2 Å². The standard InChI is InChI=1S/C17H15NO3/c19-15(13-5-6-16-17(9-13)21-11-20-16)10-18-8-7-12-3-1-2-4-14(12)18/h1-6,9H,7-8,10-11H2. The Kier molecular flexibility index (Phi) is 2.81. The number of ketones is 1. The first-order valence-corrected chi connectivity index (χ1v) is 7.07. The minimum atomic E-state index is 0.102. The number of hydrogen-bond donors (Lipinski definition) is 0. The molecule has 0 saturated heterocycles. The van der Waals surface area contributed by atoms with Crippen LogP contribution in [0.15, 0.2) is 42.5 Å². The molecule has 0 fully saturated rings. The second kappa shape index (κ2) is 4.81. The highest BCUT2D eigenvalue weighted by Crippen LogP contribution is 2.33. The Labute approximate surface area is 122 Å². The van der Waals surface area contributed by atoms with Gasteiger partial charge in [-0.3, -0.25) is 4.79 Å². The highest BCUT2D eigenvalue weighted by molar-refractivity contribution is 6.00. The molecule has 2 aliphatic rings. The van der Waals surface area contributed by atoms with Crippen LogP contribution in [0.3, 0.4) is 0 Å². The van der Waals surface area contributed by atoms with Gasteiger partial charge >= 0.3 is 0 Å². The molecule has 0 atom stereocenters. The van der Waals surface area contributed by atoms with Crippen LogP contribution in [0.4, 0.5) is 5.69 Å². The van der Waals surface area contributed by atoms with Gasteiger partial charge in [-0.2, -0.15) is 0 Å². The number of carbonyl (C=O) groups excluding carboxylic acids is 1. The summed E-state index contributed by atoms with van der Waals surface area (Å²) >= 11 is 0. The number of anilines is 1. The predicted molar refractivity (Wildman–Crippen MR) is 79.3 cm³/mol. The number of Topliss-reactive ketones (excluding diaryl/α,β-unsaturated/α-hetero) is 1. The smallest absolute Gasteiger partial charge is 0.231 e. The number of fused-ring (bicyclic) bond motifs is 2. The van der Waals surface area contributed by atoms with Gasteiger partial charge in [-0.05, 0) is 36.2 Å². The maximum absolute atomic E-state index is 12.5. The molecule has 0 aromatic heterocycles. The van der Waals surface area contributed by atoms with Crippen molar-refractivity contribution in [1.82, 2.24) is 0 Å². The molecular weight excluding hydrogens is 266 g/mol. The van der Waals surface area contributed by atoms with Crippen molar-refractivity contribution in [3.63, 3.8) is 0 Å². The summed E-state index contributed by atoms with van der Waals surface area (Å²) in [7, 11) is 0. The number of hydrogen-bond acceptors (Lipinski definition) is 4. The van der Waals surface area contributed by atoms with E-state index >= 15 is 0 Å². The SMILES string of the molecule is O=C(CN1CCc2ccccc21)c1ccc2c(c1)OCO2. The minimum Gasteiger partial charge on any atom is -0.454 e. The van der Waals surface area contributed by atoms with Gasteiger partial charge in [0, 0.05) is 17.8 Å². The van der Waals surface area contributed by atoms with Crippen molar-refractivity contribution in [2.24, 2.45) is 0 Å². The third-order valence-corrected chi connectivity index (χ3v) is 4.01. The lowest BCUT2D eigenvalue weighted by molar-refractivity contribution is 0.0999. The molecule has 0 unspecified atom stereocenters. The molecule has 2 heterocycles. The summed E-state index contributed by atoms with van der Waals surface area (Å²) < 4.78 is 10.6. The Morgan fingerprint density at radius 1 is 1.10 bits per heavy atom. The van der Waals surface area contributed by atoms with Gasteiger partial charge in [0.2, 0.25) is 6.79 Å². The van der Waals surface area contributed by atoms with Crippen LogP contribution in [-0.2, 0) is 6.42 Å². The van der Waals surface area contributed by atoms with Crippen LogP contribution in [0.2, 0.25) is 0 Å². The van der Waals surface area contributed by atoms with Gasteiger partial charge in [0.05, 0.1) is 6.54 Å². The highest BCUT2D eigenvalue weighted by Gasteiger charge is 2.22. The first-order valence-electron chi connectivity index (χ1n) is 7.07. The van der Waals surface area contributed by atoms with Crippen LogP contribution in [0, 0.1) is 0 Å². The second-order valence-corrected chi connectivity index (χ2v) is 5.29. The van der Waals surface area contributed by atoms with Gasteiger partial charge in [0.25, 0.3) is 0 Å². The molecule has 2 aliphatic heterocycles. The van der Waals surface area contributed by atoms with Crippen molar-refractivity contribution >= 4 is 11.5 Å². The minimum absolute atomic E-state index is 0.102. The van der Waals surface area contributed by atoms with Crippen LogP contribution in [0.5, 0.6) is 11.5 Å². The van der Waals surface area contributed by atoms with E-state index in [-0.39, 0.29) is 12.6 Å². The number of ether oxygens (including phenoxy) is 2. The van der Waals surface area contributed by atoms with E-state index in [4.69, 9.17) is 9.47 Å². The van der Waals surface area contributed by atoms with Crippen LogP contribution < -0.4 is 14.4 Å². The van der Waals surface area contributed by atoms with E-state index < -0.39 is 0 Å². The first-order chi connectivity index (χ1) is 10.3. The van der Waals surface area contributed by atoms with Crippen molar-refractivity contribution < 1.29 is 14.3 Å². The van der Waals surface area contributed by atoms with Gasteiger partial charge in [0.1, 0.15) is 0 Å². The van der Waals surface area contributed by atoms with E-state index in [0.29, 0.717) is 23.6 Å². The lowest BCUT2D eigenvalue weighted by Gasteiger charge is -2.18. The Balaban J connectivity index is 1.54. The van der Waals surface area contributed by atoms with Crippen LogP contribution >= 0.6 is 0 Å². The number of rotatable bonds is 3. The molecule has 0 bridgehead atoms. The maximum Gasteiger partial charge on any atom is 0.231 e. The molecule has 4 rings (SSSR count). The van der Waals surface area contributed by atoms with E-state index in [9.17, 15) is 4.79 Å². The second-order valence-electron chi connectivity index (χ2n) is 5.29. The van der Waals surface area contributed by atoms with Gasteiger partial charge in [-0.15, -0.1) is 0 Å². The summed E-state index contributed by atoms with van der Waals surface area (Å²) in [5.41, 5.74) is 3.16. The number of benzene rings is 2. The Hall–Kier alpha value is -2.49. The van der Waals surface area contributed by atoms with E-state index in [0.717, 1.165) is 13.0 Å². The molecule has 0 radical (unpaired) electrons. The number of nitrogens with zero attached hydrogens (tertiary/aromatic N) is 1.